The molecule has 2 aromatic rings. The van der Waals surface area contributed by atoms with Gasteiger partial charge in [-0.1, -0.05) is 52.3 Å². The lowest BCUT2D eigenvalue weighted by Crippen LogP contribution is -2.34. The highest BCUT2D eigenvalue weighted by Gasteiger charge is 2.41. The van der Waals surface area contributed by atoms with Crippen LogP contribution in [0.1, 0.15) is 91.5 Å². The second kappa shape index (κ2) is 7.27. The molecule has 1 aromatic carbocycles. The quantitative estimate of drug-likeness (QED) is 0.597. The Hall–Kier alpha value is -1.87. The highest BCUT2D eigenvalue weighted by molar-refractivity contribution is 7.13. The minimum Gasteiger partial charge on any atom is -0.478 e. The monoisotopic (exact) mass is 382 g/mol. The van der Waals surface area contributed by atoms with Crippen LogP contribution in [0.5, 0.6) is 0 Å². The van der Waals surface area contributed by atoms with Gasteiger partial charge in [0.25, 0.3) is 0 Å². The van der Waals surface area contributed by atoms with E-state index < -0.39 is 5.97 Å². The SMILES string of the molecule is CCCC1(C)CCC(C)(C)c2sc(C(C)=Cc3ccc(C(=O)O)cc3)cc21. The third-order valence-corrected chi connectivity index (χ3v) is 7.67. The molecule has 0 saturated heterocycles. The molecule has 0 amide bonds. The zero-order valence-corrected chi connectivity index (χ0v) is 17.9. The molecule has 1 aliphatic rings. The molecular formula is C24H30O2S. The van der Waals surface area contributed by atoms with Gasteiger partial charge in [0.05, 0.1) is 5.56 Å². The average molecular weight is 383 g/mol. The smallest absolute Gasteiger partial charge is 0.335 e. The summed E-state index contributed by atoms with van der Waals surface area (Å²) in [6.07, 6.45) is 7.12. The largest absolute Gasteiger partial charge is 0.478 e. The lowest BCUT2D eigenvalue weighted by Gasteiger charge is -2.41. The molecule has 0 radical (unpaired) electrons. The van der Waals surface area contributed by atoms with Crippen molar-refractivity contribution in [2.75, 3.05) is 0 Å². The van der Waals surface area contributed by atoms with E-state index in [-0.39, 0.29) is 10.8 Å². The second-order valence-corrected chi connectivity index (χ2v) is 9.85. The maximum atomic E-state index is 11.0. The van der Waals surface area contributed by atoms with Crippen LogP contribution < -0.4 is 0 Å². The number of rotatable bonds is 5. The van der Waals surface area contributed by atoms with E-state index in [1.54, 1.807) is 22.6 Å². The van der Waals surface area contributed by atoms with Crippen LogP contribution in [-0.2, 0) is 10.8 Å². The number of carboxylic acid groups (broad SMARTS) is 1. The minimum atomic E-state index is -0.884. The predicted octanol–water partition coefficient (Wildman–Crippen LogP) is 7.14. The summed E-state index contributed by atoms with van der Waals surface area (Å²) < 4.78 is 0. The maximum Gasteiger partial charge on any atom is 0.335 e. The molecule has 1 atom stereocenters. The Balaban J connectivity index is 1.98. The summed E-state index contributed by atoms with van der Waals surface area (Å²) in [4.78, 5) is 13.9. The van der Waals surface area contributed by atoms with Crippen molar-refractivity contribution in [3.05, 3.63) is 56.8 Å². The molecular weight excluding hydrogens is 352 g/mol. The molecule has 3 heteroatoms. The van der Waals surface area contributed by atoms with Crippen LogP contribution in [0, 0.1) is 0 Å². The number of carboxylic acids is 1. The van der Waals surface area contributed by atoms with Gasteiger partial charge in [0, 0.05) is 9.75 Å². The first-order chi connectivity index (χ1) is 12.7. The first kappa shape index (κ1) is 19.9. The van der Waals surface area contributed by atoms with Crippen molar-refractivity contribution < 1.29 is 9.90 Å². The third-order valence-electron chi connectivity index (χ3n) is 6.03. The molecule has 0 aliphatic heterocycles. The van der Waals surface area contributed by atoms with Crippen LogP contribution in [0.3, 0.4) is 0 Å². The van der Waals surface area contributed by atoms with Crippen LogP contribution >= 0.6 is 11.3 Å². The normalized spacial score (nSPS) is 21.7. The second-order valence-electron chi connectivity index (χ2n) is 8.80. The van der Waals surface area contributed by atoms with Crippen molar-refractivity contribution >= 4 is 29.0 Å². The Bertz CT molecular complexity index is 870. The molecule has 144 valence electrons. The zero-order chi connectivity index (χ0) is 19.8. The van der Waals surface area contributed by atoms with Crippen LogP contribution in [-0.4, -0.2) is 11.1 Å². The van der Waals surface area contributed by atoms with Gasteiger partial charge in [0.15, 0.2) is 0 Å². The fraction of sp³-hybridized carbons (Fsp3) is 0.458. The highest BCUT2D eigenvalue weighted by atomic mass is 32.1. The van der Waals surface area contributed by atoms with E-state index in [0.717, 1.165) is 5.56 Å². The number of carbonyl (C=O) groups is 1. The number of benzene rings is 1. The molecule has 1 unspecified atom stereocenters. The molecule has 0 saturated carbocycles. The number of thiophene rings is 1. The molecule has 0 fully saturated rings. The zero-order valence-electron chi connectivity index (χ0n) is 17.1. The Kier molecular flexibility index (Phi) is 5.36. The summed E-state index contributed by atoms with van der Waals surface area (Å²) in [6, 6.07) is 9.52. The maximum absolute atomic E-state index is 11.0. The van der Waals surface area contributed by atoms with Gasteiger partial charge in [-0.25, -0.2) is 4.79 Å². The van der Waals surface area contributed by atoms with E-state index in [9.17, 15) is 4.79 Å². The third kappa shape index (κ3) is 3.89. The fourth-order valence-corrected chi connectivity index (χ4v) is 5.64. The van der Waals surface area contributed by atoms with Crippen LogP contribution in [0.15, 0.2) is 30.3 Å². The van der Waals surface area contributed by atoms with Gasteiger partial charge in [0.2, 0.25) is 0 Å². The standard InChI is InChI=1S/C24H30O2S/c1-6-11-24(5)13-12-23(3,4)21-19(24)15-20(27-21)16(2)14-17-7-9-18(10-8-17)22(25)26/h7-10,14-15H,6,11-13H2,1-5H3,(H,25,26). The fourth-order valence-electron chi connectivity index (χ4n) is 4.23. The summed E-state index contributed by atoms with van der Waals surface area (Å²) in [5, 5.41) is 9.06. The number of allylic oxidation sites excluding steroid dienone is 1. The molecule has 27 heavy (non-hydrogen) atoms. The van der Waals surface area contributed by atoms with Crippen LogP contribution in [0.25, 0.3) is 11.6 Å². The summed E-state index contributed by atoms with van der Waals surface area (Å²) in [7, 11) is 0. The van der Waals surface area contributed by atoms with Gasteiger partial charge in [-0.2, -0.15) is 0 Å². The summed E-state index contributed by atoms with van der Waals surface area (Å²) in [6.45, 7) is 11.6. The summed E-state index contributed by atoms with van der Waals surface area (Å²) >= 11 is 1.94. The van der Waals surface area contributed by atoms with Gasteiger partial charge < -0.3 is 5.11 Å². The topological polar surface area (TPSA) is 37.3 Å². The number of hydrogen-bond acceptors (Lipinski definition) is 2. The van der Waals surface area contributed by atoms with E-state index in [2.05, 4.69) is 46.8 Å². The summed E-state index contributed by atoms with van der Waals surface area (Å²) in [5.41, 5.74) is 4.70. The van der Waals surface area contributed by atoms with E-state index in [1.165, 1.54) is 36.1 Å². The van der Waals surface area contributed by atoms with Crippen molar-refractivity contribution in [2.45, 2.75) is 71.1 Å². The van der Waals surface area contributed by atoms with Gasteiger partial charge in [-0.05, 0) is 71.9 Å². The van der Waals surface area contributed by atoms with Gasteiger partial charge >= 0.3 is 5.97 Å². The number of aromatic carboxylic acids is 1. The molecule has 3 rings (SSSR count). The van der Waals surface area contributed by atoms with E-state index in [0.29, 0.717) is 5.56 Å². The van der Waals surface area contributed by atoms with Crippen LogP contribution in [0.4, 0.5) is 0 Å². The molecule has 0 bridgehead atoms. The first-order valence-corrected chi connectivity index (χ1v) is 10.6. The van der Waals surface area contributed by atoms with Gasteiger partial charge in [-0.3, -0.25) is 0 Å². The molecule has 1 aliphatic carbocycles. The predicted molar refractivity (Wildman–Crippen MR) is 116 cm³/mol. The Labute approximate surface area is 166 Å². The first-order valence-electron chi connectivity index (χ1n) is 9.83. The Morgan fingerprint density at radius 2 is 1.85 bits per heavy atom. The van der Waals surface area contributed by atoms with E-state index >= 15 is 0 Å². The molecule has 1 heterocycles. The van der Waals surface area contributed by atoms with Gasteiger partial charge in [-0.15, -0.1) is 11.3 Å². The molecule has 0 spiro atoms. The van der Waals surface area contributed by atoms with E-state index in [4.69, 9.17) is 5.11 Å². The van der Waals surface area contributed by atoms with Crippen molar-refractivity contribution in [3.8, 4) is 0 Å². The molecule has 2 nitrogen and oxygen atoms in total. The molecule has 1 aromatic heterocycles. The lowest BCUT2D eigenvalue weighted by atomic mass is 9.64. The Morgan fingerprint density at radius 1 is 1.19 bits per heavy atom. The number of hydrogen-bond donors (Lipinski definition) is 1. The van der Waals surface area contributed by atoms with Crippen molar-refractivity contribution in [1.29, 1.82) is 0 Å². The number of fused-ring (bicyclic) bond motifs is 1. The lowest BCUT2D eigenvalue weighted by molar-refractivity contribution is 0.0697. The van der Waals surface area contributed by atoms with Crippen LogP contribution in [0.2, 0.25) is 0 Å². The van der Waals surface area contributed by atoms with Crippen molar-refractivity contribution in [2.24, 2.45) is 0 Å². The van der Waals surface area contributed by atoms with E-state index in [1.807, 2.05) is 23.5 Å². The average Bonchev–Trinajstić information content (AvgIpc) is 3.08. The summed E-state index contributed by atoms with van der Waals surface area (Å²) in [5.74, 6) is -0.884. The Morgan fingerprint density at radius 3 is 2.44 bits per heavy atom. The highest BCUT2D eigenvalue weighted by Crippen LogP contribution is 2.52. The van der Waals surface area contributed by atoms with Crippen molar-refractivity contribution in [1.82, 2.24) is 0 Å². The minimum absolute atomic E-state index is 0.245. The van der Waals surface area contributed by atoms with Gasteiger partial charge in [0.1, 0.15) is 0 Å². The van der Waals surface area contributed by atoms with Crippen molar-refractivity contribution in [3.63, 3.8) is 0 Å². The molecule has 1 N–H and O–H groups in total.